The van der Waals surface area contributed by atoms with Crippen LogP contribution in [0.15, 0.2) is 30.6 Å². The molecule has 0 aliphatic heterocycles. The van der Waals surface area contributed by atoms with Crippen molar-refractivity contribution in [2.24, 2.45) is 7.05 Å². The van der Waals surface area contributed by atoms with Gasteiger partial charge in [-0.1, -0.05) is 19.1 Å². The van der Waals surface area contributed by atoms with Crippen LogP contribution >= 0.6 is 0 Å². The van der Waals surface area contributed by atoms with E-state index in [9.17, 15) is 0 Å². The van der Waals surface area contributed by atoms with E-state index in [0.29, 0.717) is 0 Å². The molecule has 0 saturated heterocycles. The van der Waals surface area contributed by atoms with Crippen LogP contribution in [0.2, 0.25) is 0 Å². The number of aromatic nitrogens is 2. The second-order valence-electron chi connectivity index (χ2n) is 4.73. The van der Waals surface area contributed by atoms with Crippen LogP contribution in [0.5, 0.6) is 0 Å². The lowest BCUT2D eigenvalue weighted by Crippen LogP contribution is -2.13. The highest BCUT2D eigenvalue weighted by atomic mass is 15.2. The van der Waals surface area contributed by atoms with Gasteiger partial charge in [-0.3, -0.25) is 4.68 Å². The Bertz CT molecular complexity index is 514. The fraction of sp³-hybridized carbons (Fsp3) is 0.400. The van der Waals surface area contributed by atoms with Crippen LogP contribution in [0.25, 0.3) is 11.1 Å². The molecule has 96 valence electrons. The predicted octanol–water partition coefficient (Wildman–Crippen LogP) is 2.90. The van der Waals surface area contributed by atoms with Gasteiger partial charge >= 0.3 is 0 Å². The highest BCUT2D eigenvalue weighted by Gasteiger charge is 2.05. The van der Waals surface area contributed by atoms with Gasteiger partial charge < -0.3 is 5.32 Å². The Morgan fingerprint density at radius 2 is 2.17 bits per heavy atom. The van der Waals surface area contributed by atoms with Gasteiger partial charge in [0.05, 0.1) is 6.20 Å². The predicted molar refractivity (Wildman–Crippen MR) is 75.4 cm³/mol. The Morgan fingerprint density at radius 3 is 2.83 bits per heavy atom. The lowest BCUT2D eigenvalue weighted by atomic mass is 10.0. The van der Waals surface area contributed by atoms with Gasteiger partial charge in [0.2, 0.25) is 0 Å². The lowest BCUT2D eigenvalue weighted by Gasteiger charge is -2.08. The summed E-state index contributed by atoms with van der Waals surface area (Å²) in [6.45, 7) is 6.33. The maximum absolute atomic E-state index is 4.24. The van der Waals surface area contributed by atoms with Gasteiger partial charge in [0, 0.05) is 25.4 Å². The van der Waals surface area contributed by atoms with Crippen molar-refractivity contribution in [1.82, 2.24) is 15.1 Å². The average Bonchev–Trinajstić information content (AvgIpc) is 2.78. The molecule has 0 bridgehead atoms. The van der Waals surface area contributed by atoms with Gasteiger partial charge in [-0.2, -0.15) is 5.10 Å². The summed E-state index contributed by atoms with van der Waals surface area (Å²) in [5.74, 6) is 0. The van der Waals surface area contributed by atoms with Crippen molar-refractivity contribution in [3.63, 3.8) is 0 Å². The van der Waals surface area contributed by atoms with Gasteiger partial charge in [0.1, 0.15) is 0 Å². The van der Waals surface area contributed by atoms with Crippen LogP contribution in [0.1, 0.15) is 24.5 Å². The maximum Gasteiger partial charge on any atom is 0.0568 e. The van der Waals surface area contributed by atoms with Crippen molar-refractivity contribution < 1.29 is 0 Å². The first-order valence-corrected chi connectivity index (χ1v) is 6.50. The van der Waals surface area contributed by atoms with Gasteiger partial charge in [0.15, 0.2) is 0 Å². The molecular formula is C15H21N3. The Labute approximate surface area is 109 Å². The van der Waals surface area contributed by atoms with E-state index in [1.165, 1.54) is 28.7 Å². The zero-order valence-corrected chi connectivity index (χ0v) is 11.4. The molecule has 3 nitrogen and oxygen atoms in total. The summed E-state index contributed by atoms with van der Waals surface area (Å²) in [4.78, 5) is 0. The molecule has 0 spiro atoms. The van der Waals surface area contributed by atoms with Crippen LogP contribution in [0.4, 0.5) is 0 Å². The monoisotopic (exact) mass is 243 g/mol. The Balaban J connectivity index is 2.21. The van der Waals surface area contributed by atoms with E-state index in [0.717, 1.165) is 13.1 Å². The van der Waals surface area contributed by atoms with E-state index in [4.69, 9.17) is 0 Å². The van der Waals surface area contributed by atoms with E-state index < -0.39 is 0 Å². The minimum atomic E-state index is 0.932. The number of aryl methyl sites for hydroxylation is 2. The quantitative estimate of drug-likeness (QED) is 0.818. The first kappa shape index (κ1) is 12.8. The fourth-order valence-corrected chi connectivity index (χ4v) is 2.06. The van der Waals surface area contributed by atoms with Gasteiger partial charge in [-0.25, -0.2) is 0 Å². The smallest absolute Gasteiger partial charge is 0.0568 e. The molecule has 3 heteroatoms. The van der Waals surface area contributed by atoms with Gasteiger partial charge in [-0.15, -0.1) is 0 Å². The number of rotatable bonds is 5. The van der Waals surface area contributed by atoms with E-state index in [1.807, 2.05) is 17.9 Å². The molecule has 0 atom stereocenters. The molecule has 1 aromatic heterocycles. The molecule has 1 N–H and O–H groups in total. The summed E-state index contributed by atoms with van der Waals surface area (Å²) in [7, 11) is 1.95. The van der Waals surface area contributed by atoms with Gasteiger partial charge in [-0.05, 0) is 42.6 Å². The number of nitrogens with zero attached hydrogens (tertiary/aromatic N) is 2. The summed E-state index contributed by atoms with van der Waals surface area (Å²) in [6, 6.07) is 6.64. The second kappa shape index (κ2) is 5.83. The van der Waals surface area contributed by atoms with E-state index >= 15 is 0 Å². The largest absolute Gasteiger partial charge is 0.313 e. The van der Waals surface area contributed by atoms with Crippen LogP contribution in [-0.2, 0) is 13.6 Å². The van der Waals surface area contributed by atoms with Crippen LogP contribution in [0.3, 0.4) is 0 Å². The summed E-state index contributed by atoms with van der Waals surface area (Å²) < 4.78 is 1.84. The Morgan fingerprint density at radius 1 is 1.33 bits per heavy atom. The van der Waals surface area contributed by atoms with Crippen LogP contribution in [-0.4, -0.2) is 16.3 Å². The molecule has 0 fully saturated rings. The van der Waals surface area contributed by atoms with Crippen LogP contribution in [0, 0.1) is 6.92 Å². The molecule has 0 aliphatic rings. The number of hydrogen-bond acceptors (Lipinski definition) is 2. The topological polar surface area (TPSA) is 29.9 Å². The standard InChI is InChI=1S/C15H21N3/c1-4-7-16-9-13-6-5-12(2)15(8-13)14-10-17-18(3)11-14/h5-6,8,10-11,16H,4,7,9H2,1-3H3. The van der Waals surface area contributed by atoms with E-state index in [-0.39, 0.29) is 0 Å². The van der Waals surface area contributed by atoms with Crippen molar-refractivity contribution in [1.29, 1.82) is 0 Å². The molecule has 0 unspecified atom stereocenters. The molecule has 18 heavy (non-hydrogen) atoms. The zero-order valence-electron chi connectivity index (χ0n) is 11.4. The third kappa shape index (κ3) is 2.99. The SMILES string of the molecule is CCCNCc1ccc(C)c(-c2cnn(C)c2)c1. The second-order valence-corrected chi connectivity index (χ2v) is 4.73. The molecule has 0 amide bonds. The third-order valence-corrected chi connectivity index (χ3v) is 3.07. The van der Waals surface area contributed by atoms with E-state index in [1.54, 1.807) is 0 Å². The highest BCUT2D eigenvalue weighted by Crippen LogP contribution is 2.23. The van der Waals surface area contributed by atoms with Crippen LogP contribution < -0.4 is 5.32 Å². The molecule has 2 aromatic rings. The molecule has 0 saturated carbocycles. The first-order chi connectivity index (χ1) is 8.70. The molecule has 1 heterocycles. The summed E-state index contributed by atoms with van der Waals surface area (Å²) in [6.07, 6.45) is 5.15. The van der Waals surface area contributed by atoms with Gasteiger partial charge in [0.25, 0.3) is 0 Å². The molecule has 0 aliphatic carbocycles. The minimum absolute atomic E-state index is 0.932. The first-order valence-electron chi connectivity index (χ1n) is 6.50. The number of benzene rings is 1. The normalized spacial score (nSPS) is 10.8. The molecule has 1 aromatic carbocycles. The lowest BCUT2D eigenvalue weighted by molar-refractivity contribution is 0.675. The molecular weight excluding hydrogens is 222 g/mol. The van der Waals surface area contributed by atoms with Crippen molar-refractivity contribution >= 4 is 0 Å². The van der Waals surface area contributed by atoms with E-state index in [2.05, 4.69) is 48.7 Å². The molecule has 0 radical (unpaired) electrons. The minimum Gasteiger partial charge on any atom is -0.313 e. The average molecular weight is 243 g/mol. The third-order valence-electron chi connectivity index (χ3n) is 3.07. The highest BCUT2D eigenvalue weighted by molar-refractivity contribution is 5.66. The Hall–Kier alpha value is -1.61. The van der Waals surface area contributed by atoms with Crippen molar-refractivity contribution in [2.45, 2.75) is 26.8 Å². The van der Waals surface area contributed by atoms with Crippen molar-refractivity contribution in [3.8, 4) is 11.1 Å². The fourth-order valence-electron chi connectivity index (χ4n) is 2.06. The zero-order chi connectivity index (χ0) is 13.0. The summed E-state index contributed by atoms with van der Waals surface area (Å²) in [5, 5.41) is 7.67. The number of hydrogen-bond donors (Lipinski definition) is 1. The Kier molecular flexibility index (Phi) is 4.15. The summed E-state index contributed by atoms with van der Waals surface area (Å²) in [5.41, 5.74) is 5.08. The molecule has 2 rings (SSSR count). The summed E-state index contributed by atoms with van der Waals surface area (Å²) >= 11 is 0. The maximum atomic E-state index is 4.24. The number of nitrogens with one attached hydrogen (secondary N) is 1. The van der Waals surface area contributed by atoms with Crippen molar-refractivity contribution in [2.75, 3.05) is 6.54 Å². The van der Waals surface area contributed by atoms with Crippen molar-refractivity contribution in [3.05, 3.63) is 41.7 Å².